The van der Waals surface area contributed by atoms with Crippen molar-refractivity contribution in [1.82, 2.24) is 5.32 Å². The number of hydrogen-bond acceptors (Lipinski definition) is 3. The summed E-state index contributed by atoms with van der Waals surface area (Å²) in [7, 11) is 1.43. The second kappa shape index (κ2) is 5.73. The normalized spacial score (nSPS) is 14.6. The van der Waals surface area contributed by atoms with Crippen molar-refractivity contribution in [2.45, 2.75) is 25.8 Å². The Balaban J connectivity index is 2.00. The molecule has 1 amide bonds. The third kappa shape index (κ3) is 3.05. The summed E-state index contributed by atoms with van der Waals surface area (Å²) in [5.41, 5.74) is 0.950. The number of carbonyl (C=O) groups is 2. The maximum atomic E-state index is 11.7. The maximum Gasteiger partial charge on any atom is 0.339 e. The van der Waals surface area contributed by atoms with Crippen molar-refractivity contribution in [1.29, 1.82) is 0 Å². The molecule has 5 nitrogen and oxygen atoms in total. The van der Waals surface area contributed by atoms with E-state index in [0.29, 0.717) is 12.3 Å². The van der Waals surface area contributed by atoms with Gasteiger partial charge >= 0.3 is 5.97 Å². The van der Waals surface area contributed by atoms with E-state index in [9.17, 15) is 9.59 Å². The molecule has 1 aromatic rings. The molecule has 0 saturated heterocycles. The Morgan fingerprint density at radius 2 is 2.16 bits per heavy atom. The molecule has 0 atom stereocenters. The van der Waals surface area contributed by atoms with Gasteiger partial charge in [-0.25, -0.2) is 4.79 Å². The highest BCUT2D eigenvalue weighted by atomic mass is 16.5. The molecule has 0 aliphatic heterocycles. The minimum absolute atomic E-state index is 0.0764. The van der Waals surface area contributed by atoms with E-state index < -0.39 is 5.97 Å². The monoisotopic (exact) mass is 263 g/mol. The van der Waals surface area contributed by atoms with Crippen molar-refractivity contribution in [3.8, 4) is 5.75 Å². The van der Waals surface area contributed by atoms with E-state index in [0.717, 1.165) is 24.8 Å². The van der Waals surface area contributed by atoms with Crippen LogP contribution in [0.4, 0.5) is 0 Å². The number of nitrogens with one attached hydrogen (secondary N) is 1. The van der Waals surface area contributed by atoms with Gasteiger partial charge < -0.3 is 15.2 Å². The zero-order chi connectivity index (χ0) is 13.8. The highest BCUT2D eigenvalue weighted by Crippen LogP contribution is 2.26. The molecule has 0 spiro atoms. The van der Waals surface area contributed by atoms with E-state index >= 15 is 0 Å². The van der Waals surface area contributed by atoms with Crippen LogP contribution in [0.2, 0.25) is 0 Å². The summed E-state index contributed by atoms with van der Waals surface area (Å²) < 4.78 is 5.04. The number of ether oxygens (including phenoxy) is 1. The highest BCUT2D eigenvalue weighted by molar-refractivity contribution is 5.91. The van der Waals surface area contributed by atoms with Crippen molar-refractivity contribution >= 4 is 11.9 Å². The first-order chi connectivity index (χ1) is 9.11. The van der Waals surface area contributed by atoms with E-state index in [2.05, 4.69) is 5.32 Å². The van der Waals surface area contributed by atoms with Crippen molar-refractivity contribution in [3.63, 3.8) is 0 Å². The Kier molecular flexibility index (Phi) is 4.04. The average molecular weight is 263 g/mol. The smallest absolute Gasteiger partial charge is 0.339 e. The molecule has 0 radical (unpaired) electrons. The Labute approximate surface area is 111 Å². The zero-order valence-electron chi connectivity index (χ0n) is 10.8. The van der Waals surface area contributed by atoms with Crippen LogP contribution >= 0.6 is 0 Å². The van der Waals surface area contributed by atoms with Crippen LogP contribution in [0.1, 0.15) is 35.2 Å². The van der Waals surface area contributed by atoms with Crippen LogP contribution in [0.25, 0.3) is 0 Å². The van der Waals surface area contributed by atoms with Gasteiger partial charge in [-0.05, 0) is 30.5 Å². The average Bonchev–Trinajstić information content (AvgIpc) is 2.33. The SMILES string of the molecule is COc1cc(CNC(=O)C2CCC2)ccc1C(=O)O. The molecule has 0 bridgehead atoms. The predicted molar refractivity (Wildman–Crippen MR) is 69.1 cm³/mol. The van der Waals surface area contributed by atoms with Gasteiger partial charge in [-0.15, -0.1) is 0 Å². The van der Waals surface area contributed by atoms with Gasteiger partial charge in [0.15, 0.2) is 0 Å². The molecule has 1 aromatic carbocycles. The lowest BCUT2D eigenvalue weighted by Gasteiger charge is -2.24. The molecule has 0 aromatic heterocycles. The molecule has 2 rings (SSSR count). The molecule has 1 aliphatic rings. The van der Waals surface area contributed by atoms with Crippen molar-refractivity contribution in [2.24, 2.45) is 5.92 Å². The largest absolute Gasteiger partial charge is 0.496 e. The number of benzene rings is 1. The van der Waals surface area contributed by atoms with Crippen LogP contribution in [0.5, 0.6) is 5.75 Å². The number of hydrogen-bond donors (Lipinski definition) is 2. The number of aromatic carboxylic acids is 1. The van der Waals surface area contributed by atoms with Gasteiger partial charge in [0.25, 0.3) is 0 Å². The standard InChI is InChI=1S/C14H17NO4/c1-19-12-7-9(5-6-11(12)14(17)18)8-15-13(16)10-3-2-4-10/h5-7,10H,2-4,8H2,1H3,(H,15,16)(H,17,18). The van der Waals surface area contributed by atoms with Gasteiger partial charge in [-0.1, -0.05) is 12.5 Å². The third-order valence-electron chi connectivity index (χ3n) is 3.44. The van der Waals surface area contributed by atoms with Gasteiger partial charge in [0.1, 0.15) is 11.3 Å². The summed E-state index contributed by atoms with van der Waals surface area (Å²) in [5.74, 6) is -0.488. The van der Waals surface area contributed by atoms with Crippen LogP contribution in [-0.2, 0) is 11.3 Å². The van der Waals surface area contributed by atoms with Gasteiger partial charge in [-0.3, -0.25) is 4.79 Å². The Hall–Kier alpha value is -2.04. The Morgan fingerprint density at radius 1 is 1.42 bits per heavy atom. The minimum Gasteiger partial charge on any atom is -0.496 e. The molecule has 1 aliphatic carbocycles. The molecule has 2 N–H and O–H groups in total. The summed E-state index contributed by atoms with van der Waals surface area (Å²) in [4.78, 5) is 22.6. The lowest BCUT2D eigenvalue weighted by Crippen LogP contribution is -2.33. The minimum atomic E-state index is -1.03. The number of methoxy groups -OCH3 is 1. The number of carboxylic acid groups (broad SMARTS) is 1. The second-order valence-electron chi connectivity index (χ2n) is 4.69. The van der Waals surface area contributed by atoms with Crippen LogP contribution in [-0.4, -0.2) is 24.1 Å². The fourth-order valence-electron chi connectivity index (χ4n) is 2.03. The number of carboxylic acids is 1. The molecule has 0 unspecified atom stereocenters. The Morgan fingerprint density at radius 3 is 2.68 bits per heavy atom. The van der Waals surface area contributed by atoms with Gasteiger partial charge in [-0.2, -0.15) is 0 Å². The van der Waals surface area contributed by atoms with Crippen molar-refractivity contribution < 1.29 is 19.4 Å². The molecule has 102 valence electrons. The topological polar surface area (TPSA) is 75.6 Å². The first kappa shape index (κ1) is 13.4. The number of carbonyl (C=O) groups excluding carboxylic acids is 1. The van der Waals surface area contributed by atoms with E-state index in [1.165, 1.54) is 13.2 Å². The second-order valence-corrected chi connectivity index (χ2v) is 4.69. The first-order valence-corrected chi connectivity index (χ1v) is 6.29. The predicted octanol–water partition coefficient (Wildman–Crippen LogP) is 1.81. The van der Waals surface area contributed by atoms with Crippen LogP contribution in [0.15, 0.2) is 18.2 Å². The fraction of sp³-hybridized carbons (Fsp3) is 0.429. The van der Waals surface area contributed by atoms with Crippen LogP contribution in [0, 0.1) is 5.92 Å². The summed E-state index contributed by atoms with van der Waals surface area (Å²) in [5, 5.41) is 11.8. The van der Waals surface area contributed by atoms with Crippen molar-refractivity contribution in [3.05, 3.63) is 29.3 Å². The van der Waals surface area contributed by atoms with E-state index in [-0.39, 0.29) is 17.4 Å². The number of amides is 1. The summed E-state index contributed by atoms with van der Waals surface area (Å²) in [6.07, 6.45) is 3.05. The fourth-order valence-corrected chi connectivity index (χ4v) is 2.03. The lowest BCUT2D eigenvalue weighted by atomic mass is 9.85. The molecule has 5 heteroatoms. The van der Waals surface area contributed by atoms with Gasteiger partial charge in [0.2, 0.25) is 5.91 Å². The number of rotatable bonds is 5. The molecular formula is C14H17NO4. The molecule has 1 fully saturated rings. The van der Waals surface area contributed by atoms with E-state index in [4.69, 9.17) is 9.84 Å². The van der Waals surface area contributed by atoms with E-state index in [1.54, 1.807) is 12.1 Å². The zero-order valence-corrected chi connectivity index (χ0v) is 10.8. The molecular weight excluding hydrogens is 246 g/mol. The van der Waals surface area contributed by atoms with Crippen LogP contribution < -0.4 is 10.1 Å². The summed E-state index contributed by atoms with van der Waals surface area (Å²) >= 11 is 0. The first-order valence-electron chi connectivity index (χ1n) is 6.29. The summed E-state index contributed by atoms with van der Waals surface area (Å²) in [6.45, 7) is 0.394. The molecule has 0 heterocycles. The van der Waals surface area contributed by atoms with Gasteiger partial charge in [0.05, 0.1) is 7.11 Å². The van der Waals surface area contributed by atoms with Crippen LogP contribution in [0.3, 0.4) is 0 Å². The molecule has 19 heavy (non-hydrogen) atoms. The Bertz CT molecular complexity index is 494. The van der Waals surface area contributed by atoms with Gasteiger partial charge in [0, 0.05) is 12.5 Å². The van der Waals surface area contributed by atoms with Crippen molar-refractivity contribution in [2.75, 3.05) is 7.11 Å². The third-order valence-corrected chi connectivity index (χ3v) is 3.44. The highest BCUT2D eigenvalue weighted by Gasteiger charge is 2.24. The quantitative estimate of drug-likeness (QED) is 0.849. The lowest BCUT2D eigenvalue weighted by molar-refractivity contribution is -0.127. The maximum absolute atomic E-state index is 11.7. The van der Waals surface area contributed by atoms with E-state index in [1.807, 2.05) is 0 Å². The molecule has 1 saturated carbocycles. The summed E-state index contributed by atoms with van der Waals surface area (Å²) in [6, 6.07) is 4.82.